The number of rotatable bonds is 5. The van der Waals surface area contributed by atoms with Gasteiger partial charge in [-0.3, -0.25) is 10.2 Å². The third-order valence-corrected chi connectivity index (χ3v) is 5.04. The van der Waals surface area contributed by atoms with Crippen LogP contribution in [0.3, 0.4) is 0 Å². The second-order valence-electron chi connectivity index (χ2n) is 6.92. The fraction of sp³-hybridized carbons (Fsp3) is 0.238. The van der Waals surface area contributed by atoms with Crippen LogP contribution in [0.2, 0.25) is 0 Å². The van der Waals surface area contributed by atoms with Crippen LogP contribution in [0.15, 0.2) is 67.0 Å². The summed E-state index contributed by atoms with van der Waals surface area (Å²) < 4.78 is 15.4. The molecule has 7 heteroatoms. The van der Waals surface area contributed by atoms with Gasteiger partial charge in [0.05, 0.1) is 24.2 Å². The summed E-state index contributed by atoms with van der Waals surface area (Å²) in [6.07, 6.45) is 3.39. The lowest BCUT2D eigenvalue weighted by atomic mass is 9.94. The van der Waals surface area contributed by atoms with Crippen molar-refractivity contribution in [2.24, 2.45) is 5.92 Å². The summed E-state index contributed by atoms with van der Waals surface area (Å²) in [6.45, 7) is 2.44. The standard InChI is InChI=1S/C21H22FN5O/c1-14(16-11-24-27(13-16)19-10-6-5-9-18(19)22)25-21(28)17-12-23-26-20(17)15-7-3-2-4-8-15/h2-11,13-14,17,20,23,26H,12H2,1H3,(H,25,28). The maximum atomic E-state index is 14.0. The number of nitrogens with one attached hydrogen (secondary N) is 3. The van der Waals surface area contributed by atoms with E-state index in [0.717, 1.165) is 11.1 Å². The second-order valence-corrected chi connectivity index (χ2v) is 6.92. The van der Waals surface area contributed by atoms with Gasteiger partial charge in [0.25, 0.3) is 0 Å². The Labute approximate surface area is 162 Å². The van der Waals surface area contributed by atoms with Gasteiger partial charge in [0.2, 0.25) is 5.91 Å². The van der Waals surface area contributed by atoms with Crippen molar-refractivity contribution in [3.05, 3.63) is 83.9 Å². The lowest BCUT2D eigenvalue weighted by Gasteiger charge is -2.20. The van der Waals surface area contributed by atoms with E-state index in [1.165, 1.54) is 10.7 Å². The molecule has 3 N–H and O–H groups in total. The number of hydrazine groups is 1. The number of halogens is 1. The molecule has 0 radical (unpaired) electrons. The lowest BCUT2D eigenvalue weighted by molar-refractivity contribution is -0.125. The molecule has 1 saturated heterocycles. The summed E-state index contributed by atoms with van der Waals surface area (Å²) in [7, 11) is 0. The van der Waals surface area contributed by atoms with E-state index in [1.807, 2.05) is 37.3 Å². The van der Waals surface area contributed by atoms with Gasteiger partial charge in [0.1, 0.15) is 11.5 Å². The molecule has 6 nitrogen and oxygen atoms in total. The van der Waals surface area contributed by atoms with Gasteiger partial charge in [-0.2, -0.15) is 5.10 Å². The Kier molecular flexibility index (Phi) is 5.18. The molecule has 0 saturated carbocycles. The number of benzene rings is 2. The number of amides is 1. The molecule has 28 heavy (non-hydrogen) atoms. The predicted octanol–water partition coefficient (Wildman–Crippen LogP) is 2.65. The van der Waals surface area contributed by atoms with Gasteiger partial charge >= 0.3 is 0 Å². The quantitative estimate of drug-likeness (QED) is 0.637. The SMILES string of the molecule is CC(NC(=O)C1CNNC1c1ccccc1)c1cnn(-c2ccccc2F)c1. The van der Waals surface area contributed by atoms with E-state index in [2.05, 4.69) is 21.3 Å². The van der Waals surface area contributed by atoms with E-state index in [0.29, 0.717) is 12.2 Å². The van der Waals surface area contributed by atoms with E-state index in [1.54, 1.807) is 30.6 Å². The molecule has 0 aliphatic carbocycles. The minimum absolute atomic E-state index is 0.0440. The first kappa shape index (κ1) is 18.3. The maximum Gasteiger partial charge on any atom is 0.226 e. The molecule has 3 aromatic rings. The smallest absolute Gasteiger partial charge is 0.226 e. The van der Waals surface area contributed by atoms with Gasteiger partial charge in [-0.25, -0.2) is 14.5 Å². The molecule has 1 aliphatic heterocycles. The Morgan fingerprint density at radius 3 is 2.75 bits per heavy atom. The zero-order valence-corrected chi connectivity index (χ0v) is 15.5. The minimum Gasteiger partial charge on any atom is -0.349 e. The molecule has 1 aromatic heterocycles. The highest BCUT2D eigenvalue weighted by molar-refractivity contribution is 5.80. The summed E-state index contributed by atoms with van der Waals surface area (Å²) in [5.41, 5.74) is 8.51. The zero-order valence-electron chi connectivity index (χ0n) is 15.5. The largest absolute Gasteiger partial charge is 0.349 e. The molecule has 4 rings (SSSR count). The van der Waals surface area contributed by atoms with Crippen LogP contribution >= 0.6 is 0 Å². The van der Waals surface area contributed by atoms with Crippen molar-refractivity contribution in [1.29, 1.82) is 0 Å². The first-order chi connectivity index (χ1) is 13.6. The van der Waals surface area contributed by atoms with Gasteiger partial charge in [-0.15, -0.1) is 0 Å². The molecule has 2 aromatic carbocycles. The van der Waals surface area contributed by atoms with Gasteiger partial charge < -0.3 is 5.32 Å². The topological polar surface area (TPSA) is 71.0 Å². The lowest BCUT2D eigenvalue weighted by Crippen LogP contribution is -2.36. The van der Waals surface area contributed by atoms with Gasteiger partial charge in [0, 0.05) is 18.3 Å². The van der Waals surface area contributed by atoms with Crippen LogP contribution in [-0.2, 0) is 4.79 Å². The Morgan fingerprint density at radius 2 is 1.96 bits per heavy atom. The van der Waals surface area contributed by atoms with Crippen molar-refractivity contribution >= 4 is 5.91 Å². The number of para-hydroxylation sites is 1. The van der Waals surface area contributed by atoms with Crippen LogP contribution in [-0.4, -0.2) is 22.2 Å². The summed E-state index contributed by atoms with van der Waals surface area (Å²) in [6, 6.07) is 16.0. The van der Waals surface area contributed by atoms with Crippen molar-refractivity contribution in [1.82, 2.24) is 25.9 Å². The third-order valence-electron chi connectivity index (χ3n) is 5.04. The van der Waals surface area contributed by atoms with Crippen LogP contribution in [0.4, 0.5) is 4.39 Å². The zero-order chi connectivity index (χ0) is 19.5. The van der Waals surface area contributed by atoms with Crippen molar-refractivity contribution in [2.45, 2.75) is 19.0 Å². The molecule has 1 amide bonds. The first-order valence-electron chi connectivity index (χ1n) is 9.26. The summed E-state index contributed by atoms with van der Waals surface area (Å²) in [5, 5.41) is 7.29. The monoisotopic (exact) mass is 379 g/mol. The summed E-state index contributed by atoms with van der Waals surface area (Å²) in [5.74, 6) is -0.619. The van der Waals surface area contributed by atoms with Gasteiger partial charge in [-0.1, -0.05) is 42.5 Å². The van der Waals surface area contributed by atoms with Gasteiger partial charge in [-0.05, 0) is 24.6 Å². The molecule has 1 aliphatic rings. The highest BCUT2D eigenvalue weighted by Gasteiger charge is 2.34. The molecule has 144 valence electrons. The second kappa shape index (κ2) is 7.92. The molecule has 0 bridgehead atoms. The van der Waals surface area contributed by atoms with Crippen molar-refractivity contribution in [3.63, 3.8) is 0 Å². The Morgan fingerprint density at radius 1 is 1.21 bits per heavy atom. The van der Waals surface area contributed by atoms with Crippen LogP contribution in [0, 0.1) is 11.7 Å². The van der Waals surface area contributed by atoms with Gasteiger partial charge in [0.15, 0.2) is 0 Å². The molecular formula is C21H22FN5O. The van der Waals surface area contributed by atoms with E-state index < -0.39 is 0 Å². The van der Waals surface area contributed by atoms with Crippen LogP contribution in [0.25, 0.3) is 5.69 Å². The number of carbonyl (C=O) groups excluding carboxylic acids is 1. The van der Waals surface area contributed by atoms with E-state index >= 15 is 0 Å². The summed E-state index contributed by atoms with van der Waals surface area (Å²) in [4.78, 5) is 12.9. The fourth-order valence-corrected chi connectivity index (χ4v) is 3.45. The number of aromatic nitrogens is 2. The minimum atomic E-state index is -0.345. The molecule has 3 unspecified atom stereocenters. The van der Waals surface area contributed by atoms with Crippen LogP contribution in [0.1, 0.15) is 30.1 Å². The number of hydrogen-bond donors (Lipinski definition) is 3. The third kappa shape index (κ3) is 3.67. The average molecular weight is 379 g/mol. The number of carbonyl (C=O) groups is 1. The molecule has 1 fully saturated rings. The maximum absolute atomic E-state index is 14.0. The molecule has 0 spiro atoms. The fourth-order valence-electron chi connectivity index (χ4n) is 3.45. The molecule has 3 atom stereocenters. The Balaban J connectivity index is 1.46. The Bertz CT molecular complexity index is 958. The number of hydrogen-bond acceptors (Lipinski definition) is 4. The molecular weight excluding hydrogens is 357 g/mol. The molecule has 2 heterocycles. The first-order valence-corrected chi connectivity index (χ1v) is 9.26. The highest BCUT2D eigenvalue weighted by Crippen LogP contribution is 2.26. The van der Waals surface area contributed by atoms with Crippen molar-refractivity contribution in [2.75, 3.05) is 6.54 Å². The Hall–Kier alpha value is -3.03. The van der Waals surface area contributed by atoms with Crippen molar-refractivity contribution in [3.8, 4) is 5.69 Å². The highest BCUT2D eigenvalue weighted by atomic mass is 19.1. The van der Waals surface area contributed by atoms with Crippen molar-refractivity contribution < 1.29 is 9.18 Å². The average Bonchev–Trinajstić information content (AvgIpc) is 3.39. The van der Waals surface area contributed by atoms with E-state index in [9.17, 15) is 9.18 Å². The van der Waals surface area contributed by atoms with Crippen LogP contribution in [0.5, 0.6) is 0 Å². The van der Waals surface area contributed by atoms with E-state index in [-0.39, 0.29) is 29.7 Å². The number of nitrogens with zero attached hydrogens (tertiary/aromatic N) is 2. The predicted molar refractivity (Wildman–Crippen MR) is 104 cm³/mol. The normalized spacial score (nSPS) is 20.1. The summed E-state index contributed by atoms with van der Waals surface area (Å²) >= 11 is 0. The van der Waals surface area contributed by atoms with E-state index in [4.69, 9.17) is 0 Å². The van der Waals surface area contributed by atoms with Crippen LogP contribution < -0.4 is 16.2 Å².